The van der Waals surface area contributed by atoms with Crippen molar-refractivity contribution in [1.82, 2.24) is 0 Å². The Morgan fingerprint density at radius 3 is 2.17 bits per heavy atom. The highest BCUT2D eigenvalue weighted by molar-refractivity contribution is 4.78. The smallest absolute Gasteiger partial charge is 0.0123 e. The van der Waals surface area contributed by atoms with E-state index in [1.54, 1.807) is 0 Å². The molecule has 2 heteroatoms. The third-order valence-electron chi connectivity index (χ3n) is 2.61. The van der Waals surface area contributed by atoms with Crippen LogP contribution in [0.4, 0.5) is 0 Å². The Morgan fingerprint density at radius 2 is 1.75 bits per heavy atom. The molecular formula is C10H24N2. The Morgan fingerprint density at radius 1 is 1.17 bits per heavy atom. The van der Waals surface area contributed by atoms with Crippen LogP contribution in [0.2, 0.25) is 0 Å². The summed E-state index contributed by atoms with van der Waals surface area (Å²) in [6.45, 7) is 7.24. The molecule has 0 aliphatic carbocycles. The number of unbranched alkanes of at least 4 members (excludes halogenated alkanes) is 2. The van der Waals surface area contributed by atoms with Crippen LogP contribution in [0, 0.1) is 5.92 Å². The Labute approximate surface area is 76.7 Å². The summed E-state index contributed by atoms with van der Waals surface area (Å²) in [6.07, 6.45) is 4.89. The maximum Gasteiger partial charge on any atom is 0.0123 e. The van der Waals surface area contributed by atoms with Crippen LogP contribution < -0.4 is 11.5 Å². The topological polar surface area (TPSA) is 52.0 Å². The van der Waals surface area contributed by atoms with Crippen LogP contribution in [0.5, 0.6) is 0 Å². The maximum absolute atomic E-state index is 5.97. The van der Waals surface area contributed by atoms with E-state index in [0.29, 0.717) is 5.92 Å². The average Bonchev–Trinajstić information content (AvgIpc) is 1.96. The van der Waals surface area contributed by atoms with Gasteiger partial charge >= 0.3 is 0 Å². The lowest BCUT2D eigenvalue weighted by atomic mass is 9.86. The molecule has 0 saturated carbocycles. The van der Waals surface area contributed by atoms with Gasteiger partial charge in [0.2, 0.25) is 0 Å². The number of nitrogens with two attached hydrogens (primary N) is 2. The molecule has 0 aliphatic rings. The Bertz CT molecular complexity index is 105. The van der Waals surface area contributed by atoms with Crippen LogP contribution in [0.15, 0.2) is 0 Å². The van der Waals surface area contributed by atoms with E-state index in [2.05, 4.69) is 20.8 Å². The van der Waals surface area contributed by atoms with Gasteiger partial charge in [-0.3, -0.25) is 0 Å². The second-order valence-corrected chi connectivity index (χ2v) is 4.36. The van der Waals surface area contributed by atoms with Crippen LogP contribution in [0.25, 0.3) is 0 Å². The summed E-state index contributed by atoms with van der Waals surface area (Å²) in [5, 5.41) is 0. The summed E-state index contributed by atoms with van der Waals surface area (Å²) >= 11 is 0. The van der Waals surface area contributed by atoms with Gasteiger partial charge in [-0.1, -0.05) is 19.8 Å². The fraction of sp³-hybridized carbons (Fsp3) is 1.00. The lowest BCUT2D eigenvalue weighted by Gasteiger charge is -2.27. The van der Waals surface area contributed by atoms with E-state index in [4.69, 9.17) is 11.5 Å². The molecule has 0 aromatic heterocycles. The molecule has 0 aromatic rings. The molecule has 74 valence electrons. The lowest BCUT2D eigenvalue weighted by Crippen LogP contribution is -2.39. The van der Waals surface area contributed by atoms with Gasteiger partial charge in [-0.15, -0.1) is 0 Å². The summed E-state index contributed by atoms with van der Waals surface area (Å²) in [4.78, 5) is 0. The number of hydrogen-bond acceptors (Lipinski definition) is 2. The maximum atomic E-state index is 5.97. The van der Waals surface area contributed by atoms with Crippen molar-refractivity contribution >= 4 is 0 Å². The van der Waals surface area contributed by atoms with E-state index in [-0.39, 0.29) is 5.54 Å². The largest absolute Gasteiger partial charge is 0.330 e. The van der Waals surface area contributed by atoms with E-state index in [0.717, 1.165) is 13.0 Å². The van der Waals surface area contributed by atoms with Gasteiger partial charge in [-0.05, 0) is 39.2 Å². The van der Waals surface area contributed by atoms with Gasteiger partial charge in [0, 0.05) is 5.54 Å². The highest BCUT2D eigenvalue weighted by Crippen LogP contribution is 2.19. The molecule has 0 fully saturated rings. The molecule has 0 rings (SSSR count). The van der Waals surface area contributed by atoms with Gasteiger partial charge in [0.15, 0.2) is 0 Å². The number of hydrogen-bond donors (Lipinski definition) is 2. The lowest BCUT2D eigenvalue weighted by molar-refractivity contribution is 0.317. The molecule has 0 aliphatic heterocycles. The fourth-order valence-electron chi connectivity index (χ4n) is 1.14. The second-order valence-electron chi connectivity index (χ2n) is 4.36. The molecule has 0 saturated heterocycles. The summed E-state index contributed by atoms with van der Waals surface area (Å²) < 4.78 is 0. The normalized spacial score (nSPS) is 14.8. The number of rotatable bonds is 6. The Balaban J connectivity index is 3.38. The van der Waals surface area contributed by atoms with Gasteiger partial charge in [0.1, 0.15) is 0 Å². The molecular weight excluding hydrogens is 148 g/mol. The monoisotopic (exact) mass is 172 g/mol. The summed E-state index contributed by atoms with van der Waals surface area (Å²) in [5.74, 6) is 0.607. The molecule has 0 heterocycles. The minimum atomic E-state index is -0.0251. The molecule has 1 unspecified atom stereocenters. The van der Waals surface area contributed by atoms with Gasteiger partial charge < -0.3 is 11.5 Å². The van der Waals surface area contributed by atoms with Crippen molar-refractivity contribution in [3.05, 3.63) is 0 Å². The molecule has 0 amide bonds. The summed E-state index contributed by atoms with van der Waals surface area (Å²) in [5.41, 5.74) is 11.4. The van der Waals surface area contributed by atoms with E-state index < -0.39 is 0 Å². The van der Waals surface area contributed by atoms with Gasteiger partial charge in [-0.25, -0.2) is 0 Å². The minimum Gasteiger partial charge on any atom is -0.330 e. The zero-order valence-electron chi connectivity index (χ0n) is 8.77. The second kappa shape index (κ2) is 5.55. The first kappa shape index (κ1) is 11.9. The summed E-state index contributed by atoms with van der Waals surface area (Å²) in [7, 11) is 0. The Hall–Kier alpha value is -0.0800. The highest BCUT2D eigenvalue weighted by atomic mass is 14.7. The molecule has 1 atom stereocenters. The van der Waals surface area contributed by atoms with Gasteiger partial charge in [0.25, 0.3) is 0 Å². The molecule has 0 bridgehead atoms. The van der Waals surface area contributed by atoms with Crippen molar-refractivity contribution < 1.29 is 0 Å². The highest BCUT2D eigenvalue weighted by Gasteiger charge is 2.19. The zero-order valence-corrected chi connectivity index (χ0v) is 8.77. The predicted molar refractivity (Wildman–Crippen MR) is 55.0 cm³/mol. The van der Waals surface area contributed by atoms with Crippen molar-refractivity contribution in [1.29, 1.82) is 0 Å². The SMILES string of the molecule is CC(CCCCCN)C(C)(C)N. The zero-order chi connectivity index (χ0) is 9.61. The van der Waals surface area contributed by atoms with Crippen molar-refractivity contribution in [2.45, 2.75) is 52.0 Å². The standard InChI is InChI=1S/C10H24N2/c1-9(10(2,3)12)7-5-4-6-8-11/h9H,4-8,11-12H2,1-3H3. The van der Waals surface area contributed by atoms with Crippen molar-refractivity contribution in [2.24, 2.45) is 17.4 Å². The van der Waals surface area contributed by atoms with Crippen LogP contribution in [0.1, 0.15) is 46.5 Å². The van der Waals surface area contributed by atoms with Crippen LogP contribution in [-0.4, -0.2) is 12.1 Å². The first-order valence-electron chi connectivity index (χ1n) is 4.97. The molecule has 12 heavy (non-hydrogen) atoms. The van der Waals surface area contributed by atoms with E-state index in [9.17, 15) is 0 Å². The first-order chi connectivity index (χ1) is 5.48. The van der Waals surface area contributed by atoms with Gasteiger partial charge in [0.05, 0.1) is 0 Å². The quantitative estimate of drug-likeness (QED) is 0.601. The fourth-order valence-corrected chi connectivity index (χ4v) is 1.14. The van der Waals surface area contributed by atoms with Crippen LogP contribution >= 0.6 is 0 Å². The van der Waals surface area contributed by atoms with E-state index in [1.165, 1.54) is 19.3 Å². The third kappa shape index (κ3) is 5.56. The van der Waals surface area contributed by atoms with Crippen molar-refractivity contribution in [3.63, 3.8) is 0 Å². The minimum absolute atomic E-state index is 0.0251. The van der Waals surface area contributed by atoms with E-state index in [1.807, 2.05) is 0 Å². The van der Waals surface area contributed by atoms with E-state index >= 15 is 0 Å². The third-order valence-corrected chi connectivity index (χ3v) is 2.61. The predicted octanol–water partition coefficient (Wildman–Crippen LogP) is 1.88. The molecule has 0 radical (unpaired) electrons. The van der Waals surface area contributed by atoms with Crippen LogP contribution in [0.3, 0.4) is 0 Å². The van der Waals surface area contributed by atoms with Crippen molar-refractivity contribution in [2.75, 3.05) is 6.54 Å². The molecule has 0 aromatic carbocycles. The summed E-state index contributed by atoms with van der Waals surface area (Å²) in [6, 6.07) is 0. The first-order valence-corrected chi connectivity index (χ1v) is 4.97. The average molecular weight is 172 g/mol. The Kier molecular flexibility index (Phi) is 5.51. The van der Waals surface area contributed by atoms with Gasteiger partial charge in [-0.2, -0.15) is 0 Å². The van der Waals surface area contributed by atoms with Crippen molar-refractivity contribution in [3.8, 4) is 0 Å². The molecule has 2 nitrogen and oxygen atoms in total. The molecule has 4 N–H and O–H groups in total. The molecule has 0 spiro atoms. The van der Waals surface area contributed by atoms with Crippen LogP contribution in [-0.2, 0) is 0 Å².